The number of nitrogens with one attached hydrogen (secondary N) is 1. The van der Waals surface area contributed by atoms with E-state index in [9.17, 15) is 4.79 Å². The summed E-state index contributed by atoms with van der Waals surface area (Å²) in [6, 6.07) is 0. The van der Waals surface area contributed by atoms with Crippen LogP contribution < -0.4 is 5.32 Å². The predicted octanol–water partition coefficient (Wildman–Crippen LogP) is 0.513. The van der Waals surface area contributed by atoms with Gasteiger partial charge in [0.15, 0.2) is 5.82 Å². The van der Waals surface area contributed by atoms with E-state index in [1.165, 1.54) is 0 Å². The number of imidazole rings is 1. The Morgan fingerprint density at radius 1 is 1.77 bits per heavy atom. The second-order valence-corrected chi connectivity index (χ2v) is 3.60. The van der Waals surface area contributed by atoms with Crippen LogP contribution in [0.3, 0.4) is 0 Å². The van der Waals surface area contributed by atoms with Crippen molar-refractivity contribution < 1.29 is 4.79 Å². The van der Waals surface area contributed by atoms with Crippen LogP contribution in [0, 0.1) is 0 Å². The zero-order chi connectivity index (χ0) is 9.68. The zero-order valence-corrected chi connectivity index (χ0v) is 8.60. The molecule has 1 N–H and O–H groups in total. The number of thioether (sulfide) groups is 1. The standard InChI is InChI=1S/C8H13N3OS/c1-11-5-3-9-7(11)8(12)10-4-6-13-2/h3,5H,4,6H2,1-2H3,(H,10,12). The number of hydrogen-bond donors (Lipinski definition) is 1. The molecule has 1 heterocycles. The molecule has 0 aliphatic rings. The van der Waals surface area contributed by atoms with Crippen molar-refractivity contribution in [1.82, 2.24) is 14.9 Å². The Morgan fingerprint density at radius 3 is 3.08 bits per heavy atom. The highest BCUT2D eigenvalue weighted by Gasteiger charge is 2.08. The lowest BCUT2D eigenvalue weighted by atomic mass is 10.5. The van der Waals surface area contributed by atoms with E-state index < -0.39 is 0 Å². The van der Waals surface area contributed by atoms with E-state index in [0.29, 0.717) is 12.4 Å². The first-order valence-corrected chi connectivity index (χ1v) is 5.39. The second kappa shape index (κ2) is 4.91. The van der Waals surface area contributed by atoms with Crippen LogP contribution in [0.15, 0.2) is 12.4 Å². The number of carbonyl (C=O) groups is 1. The number of nitrogens with zero attached hydrogens (tertiary/aromatic N) is 2. The molecule has 1 aromatic heterocycles. The lowest BCUT2D eigenvalue weighted by molar-refractivity contribution is 0.0943. The molecule has 0 fully saturated rings. The van der Waals surface area contributed by atoms with Crippen LogP contribution in [0.5, 0.6) is 0 Å². The first kappa shape index (κ1) is 10.1. The van der Waals surface area contributed by atoms with Crippen molar-refractivity contribution in [2.45, 2.75) is 0 Å². The van der Waals surface area contributed by atoms with Crippen molar-refractivity contribution in [3.05, 3.63) is 18.2 Å². The number of rotatable bonds is 4. The molecule has 13 heavy (non-hydrogen) atoms. The second-order valence-electron chi connectivity index (χ2n) is 2.61. The summed E-state index contributed by atoms with van der Waals surface area (Å²) in [7, 11) is 1.80. The van der Waals surface area contributed by atoms with Gasteiger partial charge in [0.2, 0.25) is 0 Å². The van der Waals surface area contributed by atoms with Crippen LogP contribution >= 0.6 is 11.8 Å². The van der Waals surface area contributed by atoms with Gasteiger partial charge < -0.3 is 9.88 Å². The van der Waals surface area contributed by atoms with Crippen molar-refractivity contribution in [3.63, 3.8) is 0 Å². The van der Waals surface area contributed by atoms with Crippen LogP contribution in [0.2, 0.25) is 0 Å². The molecular formula is C8H13N3OS. The smallest absolute Gasteiger partial charge is 0.287 e. The molecule has 0 saturated carbocycles. The van der Waals surface area contributed by atoms with Gasteiger partial charge in [0.25, 0.3) is 5.91 Å². The summed E-state index contributed by atoms with van der Waals surface area (Å²) >= 11 is 1.70. The monoisotopic (exact) mass is 199 g/mol. The SMILES string of the molecule is CSCCNC(=O)c1nccn1C. The lowest BCUT2D eigenvalue weighted by Crippen LogP contribution is -2.28. The van der Waals surface area contributed by atoms with Crippen LogP contribution in [-0.2, 0) is 7.05 Å². The number of aromatic nitrogens is 2. The van der Waals surface area contributed by atoms with Crippen LogP contribution in [0.4, 0.5) is 0 Å². The van der Waals surface area contributed by atoms with E-state index in [-0.39, 0.29) is 5.91 Å². The van der Waals surface area contributed by atoms with E-state index in [1.54, 1.807) is 35.8 Å². The molecule has 5 heteroatoms. The van der Waals surface area contributed by atoms with Gasteiger partial charge in [-0.1, -0.05) is 0 Å². The minimum absolute atomic E-state index is 0.110. The predicted molar refractivity (Wildman–Crippen MR) is 53.9 cm³/mol. The highest BCUT2D eigenvalue weighted by atomic mass is 32.2. The van der Waals surface area contributed by atoms with Gasteiger partial charge in [-0.3, -0.25) is 4.79 Å². The van der Waals surface area contributed by atoms with Crippen molar-refractivity contribution in [2.75, 3.05) is 18.6 Å². The Bertz CT molecular complexity index is 285. The van der Waals surface area contributed by atoms with E-state index in [0.717, 1.165) is 5.75 Å². The fourth-order valence-electron chi connectivity index (χ4n) is 0.930. The molecule has 0 unspecified atom stereocenters. The molecule has 0 spiro atoms. The number of carbonyl (C=O) groups excluding carboxylic acids is 1. The summed E-state index contributed by atoms with van der Waals surface area (Å²) < 4.78 is 1.70. The van der Waals surface area contributed by atoms with Crippen molar-refractivity contribution in [2.24, 2.45) is 7.05 Å². The molecule has 0 aromatic carbocycles. The van der Waals surface area contributed by atoms with Gasteiger partial charge in [-0.15, -0.1) is 0 Å². The lowest BCUT2D eigenvalue weighted by Gasteiger charge is -2.02. The van der Waals surface area contributed by atoms with Gasteiger partial charge >= 0.3 is 0 Å². The Morgan fingerprint density at radius 2 is 2.54 bits per heavy atom. The van der Waals surface area contributed by atoms with Gasteiger partial charge in [-0.25, -0.2) is 4.98 Å². The fourth-order valence-corrected chi connectivity index (χ4v) is 1.24. The van der Waals surface area contributed by atoms with Gasteiger partial charge in [-0.2, -0.15) is 11.8 Å². The molecule has 72 valence electrons. The molecule has 0 bridgehead atoms. The van der Waals surface area contributed by atoms with Crippen molar-refractivity contribution >= 4 is 17.7 Å². The van der Waals surface area contributed by atoms with E-state index in [1.807, 2.05) is 6.26 Å². The molecule has 0 atom stereocenters. The molecule has 0 aliphatic carbocycles. The van der Waals surface area contributed by atoms with E-state index in [4.69, 9.17) is 0 Å². The quantitative estimate of drug-likeness (QED) is 0.719. The van der Waals surface area contributed by atoms with Gasteiger partial charge in [0, 0.05) is 31.7 Å². The molecule has 0 radical (unpaired) electrons. The first-order chi connectivity index (χ1) is 6.25. The Hall–Kier alpha value is -0.970. The highest BCUT2D eigenvalue weighted by Crippen LogP contribution is 1.94. The van der Waals surface area contributed by atoms with Crippen LogP contribution in [0.1, 0.15) is 10.6 Å². The minimum Gasteiger partial charge on any atom is -0.349 e. The molecular weight excluding hydrogens is 186 g/mol. The average Bonchev–Trinajstić information content (AvgIpc) is 2.52. The highest BCUT2D eigenvalue weighted by molar-refractivity contribution is 7.98. The topological polar surface area (TPSA) is 46.9 Å². The summed E-state index contributed by atoms with van der Waals surface area (Å²) in [5.41, 5.74) is 0. The number of hydrogen-bond acceptors (Lipinski definition) is 3. The Labute approximate surface area is 81.7 Å². The molecule has 0 aliphatic heterocycles. The summed E-state index contributed by atoms with van der Waals surface area (Å²) in [6.45, 7) is 0.687. The third-order valence-electron chi connectivity index (χ3n) is 1.62. The van der Waals surface area contributed by atoms with Gasteiger partial charge in [-0.05, 0) is 6.26 Å². The molecule has 1 aromatic rings. The van der Waals surface area contributed by atoms with E-state index in [2.05, 4.69) is 10.3 Å². The van der Waals surface area contributed by atoms with Gasteiger partial charge in [0.1, 0.15) is 0 Å². The molecule has 4 nitrogen and oxygen atoms in total. The average molecular weight is 199 g/mol. The maximum atomic E-state index is 11.4. The van der Waals surface area contributed by atoms with Crippen molar-refractivity contribution in [1.29, 1.82) is 0 Å². The number of amides is 1. The van der Waals surface area contributed by atoms with Gasteiger partial charge in [0.05, 0.1) is 0 Å². The number of aryl methyl sites for hydroxylation is 1. The third-order valence-corrected chi connectivity index (χ3v) is 2.23. The maximum absolute atomic E-state index is 11.4. The zero-order valence-electron chi connectivity index (χ0n) is 7.78. The molecule has 1 amide bonds. The molecule has 1 rings (SSSR count). The first-order valence-electron chi connectivity index (χ1n) is 4.00. The summed E-state index contributed by atoms with van der Waals surface area (Å²) in [5.74, 6) is 1.28. The Kier molecular flexibility index (Phi) is 3.82. The summed E-state index contributed by atoms with van der Waals surface area (Å²) in [6.07, 6.45) is 5.37. The van der Waals surface area contributed by atoms with E-state index >= 15 is 0 Å². The van der Waals surface area contributed by atoms with Crippen LogP contribution in [0.25, 0.3) is 0 Å². The summed E-state index contributed by atoms with van der Waals surface area (Å²) in [4.78, 5) is 15.3. The van der Waals surface area contributed by atoms with Crippen LogP contribution in [-0.4, -0.2) is 34.0 Å². The molecule has 0 saturated heterocycles. The Balaban J connectivity index is 2.45. The third kappa shape index (κ3) is 2.77. The summed E-state index contributed by atoms with van der Waals surface area (Å²) in [5, 5.41) is 2.78. The van der Waals surface area contributed by atoms with Crippen molar-refractivity contribution in [3.8, 4) is 0 Å². The minimum atomic E-state index is -0.110. The fraction of sp³-hybridized carbons (Fsp3) is 0.500. The normalized spacial score (nSPS) is 10.0. The largest absolute Gasteiger partial charge is 0.349 e. The maximum Gasteiger partial charge on any atom is 0.287 e.